The molecule has 0 aliphatic carbocycles. The number of ether oxygens (including phenoxy) is 1. The maximum Gasteiger partial charge on any atom is 0.336 e. The van der Waals surface area contributed by atoms with Crippen LogP contribution in [-0.4, -0.2) is 34.3 Å². The number of aromatic nitrogens is 1. The normalized spacial score (nSPS) is 18.2. The Morgan fingerprint density at radius 1 is 0.971 bits per heavy atom. The van der Waals surface area contributed by atoms with Crippen LogP contribution in [0, 0.1) is 0 Å². The van der Waals surface area contributed by atoms with Gasteiger partial charge in [0.2, 0.25) is 5.91 Å². The van der Waals surface area contributed by atoms with Crippen LogP contribution in [0.4, 0.5) is 5.69 Å². The number of nitrogens with zero attached hydrogens (tertiary/aromatic N) is 2. The first kappa shape index (κ1) is 21.9. The minimum atomic E-state index is -1.72. The minimum absolute atomic E-state index is 0.102. The number of carbonyl (C=O) groups is 2. The van der Waals surface area contributed by atoms with Crippen LogP contribution in [0.5, 0.6) is 0 Å². The Morgan fingerprint density at radius 3 is 2.41 bits per heavy atom. The molecule has 1 amide bonds. The number of rotatable bonds is 6. The van der Waals surface area contributed by atoms with Gasteiger partial charge in [-0.1, -0.05) is 66.7 Å². The van der Waals surface area contributed by atoms with E-state index in [1.54, 1.807) is 11.8 Å². The second-order valence-electron chi connectivity index (χ2n) is 8.53. The molecule has 2 atom stereocenters. The lowest BCUT2D eigenvalue weighted by Gasteiger charge is -2.32. The molecular weight excluding hydrogens is 428 g/mol. The van der Waals surface area contributed by atoms with Crippen LogP contribution in [0.2, 0.25) is 0 Å². The van der Waals surface area contributed by atoms with Gasteiger partial charge in [-0.05, 0) is 30.2 Å². The first-order valence-corrected chi connectivity index (χ1v) is 11.3. The summed E-state index contributed by atoms with van der Waals surface area (Å²) in [6.45, 7) is 2.10. The summed E-state index contributed by atoms with van der Waals surface area (Å²) < 4.78 is 7.15. The van der Waals surface area contributed by atoms with Gasteiger partial charge in [0.05, 0.1) is 13.2 Å². The smallest absolute Gasteiger partial charge is 0.336 e. The Labute approximate surface area is 198 Å². The number of hydrogen-bond acceptors (Lipinski definition) is 4. The molecule has 0 saturated heterocycles. The van der Waals surface area contributed by atoms with Gasteiger partial charge in [-0.25, -0.2) is 4.79 Å². The molecule has 2 heterocycles. The molecule has 1 aliphatic heterocycles. The largest absolute Gasteiger partial charge is 0.464 e. The van der Waals surface area contributed by atoms with Gasteiger partial charge in [0.1, 0.15) is 5.41 Å². The monoisotopic (exact) mass is 454 g/mol. The predicted molar refractivity (Wildman–Crippen MR) is 130 cm³/mol. The molecule has 1 aromatic heterocycles. The number of aliphatic hydroxyl groups is 1. The molecule has 4 aromatic rings. The van der Waals surface area contributed by atoms with Crippen molar-refractivity contribution in [2.75, 3.05) is 11.5 Å². The van der Waals surface area contributed by atoms with Crippen LogP contribution in [0.1, 0.15) is 23.6 Å². The molecule has 0 radical (unpaired) electrons. The second kappa shape index (κ2) is 8.47. The Bertz CT molecular complexity index is 1380. The van der Waals surface area contributed by atoms with Crippen molar-refractivity contribution in [2.45, 2.75) is 25.0 Å². The summed E-state index contributed by atoms with van der Waals surface area (Å²) in [4.78, 5) is 29.1. The number of hydrogen-bond donors (Lipinski definition) is 1. The van der Waals surface area contributed by atoms with Crippen molar-refractivity contribution in [3.05, 3.63) is 102 Å². The zero-order valence-electron chi connectivity index (χ0n) is 19.1. The zero-order valence-corrected chi connectivity index (χ0v) is 19.1. The van der Waals surface area contributed by atoms with Crippen LogP contribution < -0.4 is 4.90 Å². The highest BCUT2D eigenvalue weighted by molar-refractivity contribution is 6.15. The van der Waals surface area contributed by atoms with Crippen LogP contribution >= 0.6 is 0 Å². The molecule has 3 aromatic carbocycles. The van der Waals surface area contributed by atoms with Crippen molar-refractivity contribution in [1.29, 1.82) is 0 Å². The molecule has 5 rings (SSSR count). The number of carbonyl (C=O) groups excluding carboxylic acids is 2. The van der Waals surface area contributed by atoms with Crippen LogP contribution in [0.25, 0.3) is 10.9 Å². The van der Waals surface area contributed by atoms with Gasteiger partial charge in [-0.3, -0.25) is 4.79 Å². The quantitative estimate of drug-likeness (QED) is 0.448. The van der Waals surface area contributed by atoms with Crippen LogP contribution in [0.3, 0.4) is 0 Å². The van der Waals surface area contributed by atoms with Gasteiger partial charge < -0.3 is 19.3 Å². The maximum atomic E-state index is 14.4. The van der Waals surface area contributed by atoms with Gasteiger partial charge >= 0.3 is 5.97 Å². The van der Waals surface area contributed by atoms with Gasteiger partial charge in [0, 0.05) is 35.4 Å². The Kier molecular flexibility index (Phi) is 5.46. The van der Waals surface area contributed by atoms with Gasteiger partial charge in [0.15, 0.2) is 6.10 Å². The molecule has 1 N–H and O–H groups in total. The van der Waals surface area contributed by atoms with Gasteiger partial charge in [0.25, 0.3) is 0 Å². The SMILES string of the molecule is CCOC(=O)[C@@H](O)[C@@]1(c2cn(C)c3ccccc23)C(=O)N(Cc2ccccc2)c2ccccc21. The summed E-state index contributed by atoms with van der Waals surface area (Å²) >= 11 is 0. The number of aliphatic hydroxyl groups excluding tert-OH is 1. The fourth-order valence-electron chi connectivity index (χ4n) is 5.13. The first-order valence-electron chi connectivity index (χ1n) is 11.3. The molecule has 0 unspecified atom stereocenters. The molecule has 172 valence electrons. The Balaban J connectivity index is 1.79. The number of aryl methyl sites for hydroxylation is 1. The van der Waals surface area contributed by atoms with Crippen molar-refractivity contribution < 1.29 is 19.4 Å². The molecule has 0 bridgehead atoms. The first-order chi connectivity index (χ1) is 16.5. The fraction of sp³-hybridized carbons (Fsp3) is 0.214. The maximum absolute atomic E-state index is 14.4. The third kappa shape index (κ3) is 3.14. The highest BCUT2D eigenvalue weighted by Crippen LogP contribution is 2.51. The number of benzene rings is 3. The van der Waals surface area contributed by atoms with E-state index in [-0.39, 0.29) is 12.5 Å². The van der Waals surface area contributed by atoms with Crippen molar-refractivity contribution in [2.24, 2.45) is 7.05 Å². The minimum Gasteiger partial charge on any atom is -0.464 e. The molecule has 6 nitrogen and oxygen atoms in total. The van der Waals surface area contributed by atoms with Crippen molar-refractivity contribution in [1.82, 2.24) is 4.57 Å². The fourth-order valence-corrected chi connectivity index (χ4v) is 5.13. The summed E-state index contributed by atoms with van der Waals surface area (Å²) in [5.74, 6) is -1.17. The molecule has 6 heteroatoms. The summed E-state index contributed by atoms with van der Waals surface area (Å²) in [6.07, 6.45) is 0.126. The van der Waals surface area contributed by atoms with Crippen molar-refractivity contribution in [3.8, 4) is 0 Å². The second-order valence-corrected chi connectivity index (χ2v) is 8.53. The summed E-state index contributed by atoms with van der Waals surface area (Å²) in [6, 6.07) is 24.7. The topological polar surface area (TPSA) is 71.8 Å². The summed E-state index contributed by atoms with van der Waals surface area (Å²) in [5, 5.41) is 12.4. The number of anilines is 1. The molecule has 0 fully saturated rings. The lowest BCUT2D eigenvalue weighted by molar-refractivity contribution is -0.158. The summed E-state index contributed by atoms with van der Waals surface area (Å²) in [7, 11) is 1.89. The number of amides is 1. The third-order valence-corrected chi connectivity index (χ3v) is 6.63. The van der Waals surface area contributed by atoms with E-state index in [1.165, 1.54) is 0 Å². The average molecular weight is 455 g/mol. The highest BCUT2D eigenvalue weighted by Gasteiger charge is 2.60. The van der Waals surface area contributed by atoms with E-state index in [4.69, 9.17) is 4.74 Å². The van der Waals surface area contributed by atoms with Crippen LogP contribution in [0.15, 0.2) is 85.1 Å². The highest BCUT2D eigenvalue weighted by atomic mass is 16.5. The van der Waals surface area contributed by atoms with Crippen molar-refractivity contribution in [3.63, 3.8) is 0 Å². The summed E-state index contributed by atoms with van der Waals surface area (Å²) in [5.41, 5.74) is 2.06. The number of para-hydroxylation sites is 2. The Morgan fingerprint density at radius 2 is 1.65 bits per heavy atom. The molecule has 34 heavy (non-hydrogen) atoms. The van der Waals surface area contributed by atoms with Crippen LogP contribution in [-0.2, 0) is 33.3 Å². The van der Waals surface area contributed by atoms with E-state index >= 15 is 0 Å². The zero-order chi connectivity index (χ0) is 23.9. The lowest BCUT2D eigenvalue weighted by Crippen LogP contribution is -2.53. The molecular formula is C28H26N2O4. The van der Waals surface area contributed by atoms with E-state index in [0.29, 0.717) is 23.4 Å². The van der Waals surface area contributed by atoms with E-state index < -0.39 is 17.5 Å². The van der Waals surface area contributed by atoms with E-state index in [0.717, 1.165) is 16.5 Å². The molecule has 0 spiro atoms. The number of fused-ring (bicyclic) bond motifs is 2. The average Bonchev–Trinajstić information content (AvgIpc) is 3.32. The third-order valence-electron chi connectivity index (χ3n) is 6.63. The van der Waals surface area contributed by atoms with Gasteiger partial charge in [-0.15, -0.1) is 0 Å². The van der Waals surface area contributed by atoms with Crippen molar-refractivity contribution >= 4 is 28.5 Å². The number of esters is 1. The van der Waals surface area contributed by atoms with E-state index in [9.17, 15) is 14.7 Å². The van der Waals surface area contributed by atoms with E-state index in [1.807, 2.05) is 96.7 Å². The Hall–Kier alpha value is -3.90. The lowest BCUT2D eigenvalue weighted by atomic mass is 9.70. The predicted octanol–water partition coefficient (Wildman–Crippen LogP) is 3.94. The van der Waals surface area contributed by atoms with E-state index in [2.05, 4.69) is 0 Å². The molecule has 0 saturated carbocycles. The van der Waals surface area contributed by atoms with Gasteiger partial charge in [-0.2, -0.15) is 0 Å². The standard InChI is InChI=1S/C28H26N2O4/c1-3-34-26(32)25(31)28(22-18-29(2)23-15-9-7-13-20(22)23)21-14-8-10-16-24(21)30(27(28)33)17-19-11-5-4-6-12-19/h4-16,18,25,31H,3,17H2,1-2H3/t25-,28-/m1/s1. The molecule has 1 aliphatic rings.